The van der Waals surface area contributed by atoms with Gasteiger partial charge in [-0.2, -0.15) is 0 Å². The minimum absolute atomic E-state index is 0.0169. The number of aryl methyl sites for hydroxylation is 1. The fourth-order valence-electron chi connectivity index (χ4n) is 10.4. The van der Waals surface area contributed by atoms with Crippen LogP contribution in [0.4, 0.5) is 0 Å². The highest BCUT2D eigenvalue weighted by molar-refractivity contribution is 9.10. The van der Waals surface area contributed by atoms with Gasteiger partial charge in [-0.25, -0.2) is 0 Å². The van der Waals surface area contributed by atoms with E-state index in [-0.39, 0.29) is 22.7 Å². The topological polar surface area (TPSA) is 74.6 Å². The molecule has 6 atom stereocenters. The summed E-state index contributed by atoms with van der Waals surface area (Å²) in [6, 6.07) is 11.4. The Kier molecular flexibility index (Phi) is 9.23. The first-order valence-electron chi connectivity index (χ1n) is 17.4. The van der Waals surface area contributed by atoms with E-state index in [1.54, 1.807) is 0 Å². The molecule has 2 saturated carbocycles. The molecule has 4 aliphatic rings. The first-order valence-corrected chi connectivity index (χ1v) is 18.2. The van der Waals surface area contributed by atoms with Crippen molar-refractivity contribution in [3.05, 3.63) is 68.2 Å². The first-order chi connectivity index (χ1) is 21.0. The standard InChI is InChI=1S/C20H27BrO2.C20H28O2/c1-12(2)13-6-8-15-14(17(13)21)7-9-16-19(15,3)10-5-11-20(16,4)18(22)23;1-13(2)14-6-8-16-15(12-14)7-9-17-19(16,3)10-5-11-20(17,4)18(21)22/h6,8,12,16H,5,7,9-11H2,1-4H3,(H,22,23);6,8,12-13,17H,5,7,9-11H2,1-4H3,(H,21,22)/t16?,19-,20-;17?,19-,20-/m11/s1. The van der Waals surface area contributed by atoms with E-state index in [0.29, 0.717) is 11.8 Å². The van der Waals surface area contributed by atoms with Crippen molar-refractivity contribution in [3.63, 3.8) is 0 Å². The third kappa shape index (κ3) is 5.51. The zero-order chi connectivity index (χ0) is 33.1. The highest BCUT2D eigenvalue weighted by atomic mass is 79.9. The van der Waals surface area contributed by atoms with Gasteiger partial charge >= 0.3 is 11.9 Å². The highest BCUT2D eigenvalue weighted by Gasteiger charge is 2.56. The minimum Gasteiger partial charge on any atom is -0.481 e. The van der Waals surface area contributed by atoms with Gasteiger partial charge in [-0.3, -0.25) is 9.59 Å². The van der Waals surface area contributed by atoms with Crippen LogP contribution in [0.1, 0.15) is 152 Å². The maximum atomic E-state index is 12.0. The predicted octanol–water partition coefficient (Wildman–Crippen LogP) is 10.6. The molecule has 0 heterocycles. The minimum atomic E-state index is -0.616. The monoisotopic (exact) mass is 678 g/mol. The van der Waals surface area contributed by atoms with Crippen molar-refractivity contribution >= 4 is 27.9 Å². The largest absolute Gasteiger partial charge is 0.481 e. The third-order valence-corrected chi connectivity index (χ3v) is 14.1. The lowest BCUT2D eigenvalue weighted by Crippen LogP contribution is -2.52. The normalized spacial score (nSPS) is 33.7. The van der Waals surface area contributed by atoms with Crippen LogP contribution in [0.25, 0.3) is 0 Å². The van der Waals surface area contributed by atoms with Crippen LogP contribution in [0, 0.1) is 22.7 Å². The summed E-state index contributed by atoms with van der Waals surface area (Å²) < 4.78 is 1.26. The van der Waals surface area contributed by atoms with Gasteiger partial charge in [0.25, 0.3) is 0 Å². The Morgan fingerprint density at radius 3 is 1.76 bits per heavy atom. The Hall–Kier alpha value is -2.14. The molecular formula is C40H55BrO4. The van der Waals surface area contributed by atoms with Crippen molar-refractivity contribution in [3.8, 4) is 0 Å². The SMILES string of the molecule is CC(C)c1ccc2c(c1)CCC1[C@](C)(C(=O)O)CCC[C@]21C.CC(C)c1ccc2c(c1Br)CCC1[C@](C)(C(=O)O)CCC[C@]21C. The zero-order valence-corrected chi connectivity index (χ0v) is 30.4. The number of halogens is 1. The Morgan fingerprint density at radius 1 is 0.733 bits per heavy atom. The lowest BCUT2D eigenvalue weighted by molar-refractivity contribution is -0.158. The van der Waals surface area contributed by atoms with Gasteiger partial charge in [0.15, 0.2) is 0 Å². The molecule has 0 aromatic heterocycles. The van der Waals surface area contributed by atoms with Gasteiger partial charge in [-0.05, 0) is 133 Å². The van der Waals surface area contributed by atoms with Gasteiger partial charge in [-0.1, -0.05) is 101 Å². The van der Waals surface area contributed by atoms with Gasteiger partial charge in [0.05, 0.1) is 10.8 Å². The highest BCUT2D eigenvalue weighted by Crippen LogP contribution is 2.59. The van der Waals surface area contributed by atoms with Crippen molar-refractivity contribution in [1.29, 1.82) is 0 Å². The first kappa shape index (κ1) is 34.2. The molecule has 4 aliphatic carbocycles. The number of carboxylic acid groups (broad SMARTS) is 2. The number of hydrogen-bond acceptors (Lipinski definition) is 2. The summed E-state index contributed by atoms with van der Waals surface area (Å²) >= 11 is 3.85. The number of aliphatic carboxylic acids is 2. The summed E-state index contributed by atoms with van der Waals surface area (Å²) in [7, 11) is 0. The second-order valence-electron chi connectivity index (χ2n) is 16.4. The zero-order valence-electron chi connectivity index (χ0n) is 28.9. The average molecular weight is 680 g/mol. The van der Waals surface area contributed by atoms with Crippen LogP contribution >= 0.6 is 15.9 Å². The van der Waals surface area contributed by atoms with Crippen LogP contribution in [0.15, 0.2) is 34.8 Å². The van der Waals surface area contributed by atoms with E-state index in [1.165, 1.54) is 37.9 Å². The molecule has 0 amide bonds. The lowest BCUT2D eigenvalue weighted by atomic mass is 9.50. The summed E-state index contributed by atoms with van der Waals surface area (Å²) in [5, 5.41) is 19.7. The van der Waals surface area contributed by atoms with E-state index in [4.69, 9.17) is 0 Å². The molecule has 0 aliphatic heterocycles. The molecule has 246 valence electrons. The molecule has 2 N–H and O–H groups in total. The molecular weight excluding hydrogens is 624 g/mol. The number of rotatable bonds is 4. The van der Waals surface area contributed by atoms with E-state index >= 15 is 0 Å². The van der Waals surface area contributed by atoms with Crippen molar-refractivity contribution in [2.75, 3.05) is 0 Å². The molecule has 2 unspecified atom stereocenters. The van der Waals surface area contributed by atoms with Gasteiger partial charge in [-0.15, -0.1) is 0 Å². The van der Waals surface area contributed by atoms with Crippen LogP contribution in [0.2, 0.25) is 0 Å². The van der Waals surface area contributed by atoms with Gasteiger partial charge in [0, 0.05) is 4.47 Å². The summed E-state index contributed by atoms with van der Waals surface area (Å²) in [6.07, 6.45) is 9.86. The Morgan fingerprint density at radius 2 is 1.24 bits per heavy atom. The number of carbonyl (C=O) groups is 2. The van der Waals surface area contributed by atoms with Gasteiger partial charge in [0.2, 0.25) is 0 Å². The lowest BCUT2D eigenvalue weighted by Gasteiger charge is -2.53. The molecule has 0 bridgehead atoms. The van der Waals surface area contributed by atoms with E-state index < -0.39 is 22.8 Å². The fourth-order valence-corrected chi connectivity index (χ4v) is 11.4. The molecule has 2 aromatic rings. The molecule has 6 rings (SSSR count). The van der Waals surface area contributed by atoms with Crippen LogP contribution in [0.3, 0.4) is 0 Å². The summed E-state index contributed by atoms with van der Waals surface area (Å²) in [5.74, 6) is 0.303. The van der Waals surface area contributed by atoms with Crippen LogP contribution in [-0.2, 0) is 33.3 Å². The maximum Gasteiger partial charge on any atom is 0.309 e. The summed E-state index contributed by atoms with van der Waals surface area (Å²) in [5.41, 5.74) is 7.29. The van der Waals surface area contributed by atoms with Gasteiger partial charge in [0.1, 0.15) is 0 Å². The van der Waals surface area contributed by atoms with Crippen LogP contribution in [-0.4, -0.2) is 22.2 Å². The number of benzene rings is 2. The molecule has 2 aromatic carbocycles. The Balaban J connectivity index is 0.000000178. The molecule has 0 spiro atoms. The van der Waals surface area contributed by atoms with Crippen molar-refractivity contribution in [2.45, 2.75) is 142 Å². The molecule has 0 radical (unpaired) electrons. The summed E-state index contributed by atoms with van der Waals surface area (Å²) in [6.45, 7) is 17.5. The Labute approximate surface area is 279 Å². The smallest absolute Gasteiger partial charge is 0.309 e. The molecule has 5 heteroatoms. The van der Waals surface area contributed by atoms with Crippen molar-refractivity contribution < 1.29 is 19.8 Å². The second kappa shape index (κ2) is 12.1. The number of fused-ring (bicyclic) bond motifs is 6. The summed E-state index contributed by atoms with van der Waals surface area (Å²) in [4.78, 5) is 23.9. The van der Waals surface area contributed by atoms with Gasteiger partial charge < -0.3 is 10.2 Å². The number of hydrogen-bond donors (Lipinski definition) is 2. The molecule has 4 nitrogen and oxygen atoms in total. The quantitative estimate of drug-likeness (QED) is 0.337. The van der Waals surface area contributed by atoms with Crippen molar-refractivity contribution in [1.82, 2.24) is 0 Å². The average Bonchev–Trinajstić information content (AvgIpc) is 2.97. The molecule has 2 fully saturated rings. The maximum absolute atomic E-state index is 12.0. The Bertz CT molecular complexity index is 1480. The molecule has 45 heavy (non-hydrogen) atoms. The van der Waals surface area contributed by atoms with Crippen LogP contribution in [0.5, 0.6) is 0 Å². The predicted molar refractivity (Wildman–Crippen MR) is 186 cm³/mol. The molecule has 0 saturated heterocycles. The van der Waals surface area contributed by atoms with E-state index in [0.717, 1.165) is 64.2 Å². The fraction of sp³-hybridized carbons (Fsp3) is 0.650. The van der Waals surface area contributed by atoms with Crippen molar-refractivity contribution in [2.24, 2.45) is 22.7 Å². The van der Waals surface area contributed by atoms with E-state index in [2.05, 4.69) is 87.8 Å². The second-order valence-corrected chi connectivity index (χ2v) is 17.2. The third-order valence-electron chi connectivity index (χ3n) is 13.1. The van der Waals surface area contributed by atoms with Crippen LogP contribution < -0.4 is 0 Å². The van der Waals surface area contributed by atoms with E-state index in [1.807, 2.05) is 13.8 Å². The van der Waals surface area contributed by atoms with E-state index in [9.17, 15) is 19.8 Å². The number of carboxylic acids is 2.